The minimum Gasteiger partial charge on any atom is -0.488 e. The molecule has 0 saturated heterocycles. The van der Waals surface area contributed by atoms with Crippen molar-refractivity contribution < 1.29 is 14.3 Å². The summed E-state index contributed by atoms with van der Waals surface area (Å²) in [4.78, 5) is 20.1. The summed E-state index contributed by atoms with van der Waals surface area (Å²) in [7, 11) is 1.55. The molecule has 0 aliphatic heterocycles. The summed E-state index contributed by atoms with van der Waals surface area (Å²) < 4.78 is 11.2. The number of anilines is 1. The van der Waals surface area contributed by atoms with Crippen LogP contribution in [0.1, 0.15) is 21.5 Å². The number of benzene rings is 1. The smallest absolute Gasteiger partial charge is 0.222 e. The summed E-state index contributed by atoms with van der Waals surface area (Å²) in [5.74, 6) is 0.812. The number of rotatable bonds is 7. The highest BCUT2D eigenvalue weighted by Crippen LogP contribution is 2.30. The Labute approximate surface area is 156 Å². The lowest BCUT2D eigenvalue weighted by molar-refractivity contribution is 0.112. The number of hydrogen-bond acceptors (Lipinski definition) is 7. The first kappa shape index (κ1) is 18.1. The van der Waals surface area contributed by atoms with Crippen LogP contribution < -0.4 is 15.2 Å². The zero-order valence-electron chi connectivity index (χ0n) is 14.7. The molecule has 0 amide bonds. The third kappa shape index (κ3) is 3.62. The van der Waals surface area contributed by atoms with E-state index in [1.54, 1.807) is 43.8 Å². The molecule has 0 aliphatic carbocycles. The second kappa shape index (κ2) is 8.09. The molecule has 1 aromatic carbocycles. The van der Waals surface area contributed by atoms with Crippen LogP contribution in [0.4, 0.5) is 5.69 Å². The fraction of sp³-hybridized carbons (Fsp3) is 0.100. The number of aldehydes is 1. The SMILES string of the molecule is COc1ncccc1-c1ncccc1COc1ccc(C=N)c(N)c1C=O. The van der Waals surface area contributed by atoms with E-state index in [1.807, 2.05) is 12.1 Å². The molecule has 3 N–H and O–H groups in total. The van der Waals surface area contributed by atoms with Crippen LogP contribution in [0.3, 0.4) is 0 Å². The van der Waals surface area contributed by atoms with Gasteiger partial charge in [0.05, 0.1) is 29.6 Å². The van der Waals surface area contributed by atoms with Gasteiger partial charge in [0.1, 0.15) is 12.4 Å². The van der Waals surface area contributed by atoms with Gasteiger partial charge in [0.15, 0.2) is 6.29 Å². The molecule has 0 aliphatic rings. The summed E-state index contributed by atoms with van der Waals surface area (Å²) in [6, 6.07) is 10.6. The third-order valence-corrected chi connectivity index (χ3v) is 4.05. The minimum atomic E-state index is 0.172. The maximum atomic E-state index is 11.4. The molecule has 0 radical (unpaired) electrons. The number of nitrogen functional groups attached to an aromatic ring is 1. The molecule has 7 heteroatoms. The first-order chi connectivity index (χ1) is 13.2. The molecule has 2 heterocycles. The number of pyridine rings is 2. The lowest BCUT2D eigenvalue weighted by Crippen LogP contribution is -2.05. The summed E-state index contributed by atoms with van der Waals surface area (Å²) in [5, 5.41) is 7.34. The Morgan fingerprint density at radius 2 is 1.93 bits per heavy atom. The summed E-state index contributed by atoms with van der Waals surface area (Å²) in [5.41, 5.74) is 9.07. The maximum Gasteiger partial charge on any atom is 0.222 e. The number of nitrogens with two attached hydrogens (primary N) is 1. The molecule has 0 atom stereocenters. The highest BCUT2D eigenvalue weighted by Gasteiger charge is 2.15. The standard InChI is InChI=1S/C20H18N4O3/c1-26-20-15(5-3-9-24-20)19-14(4-2-8-23-19)12-27-17-7-6-13(10-21)18(22)16(17)11-25/h2-11,21H,12,22H2,1H3. The molecular formula is C20H18N4O3. The van der Waals surface area contributed by atoms with Crippen molar-refractivity contribution in [2.24, 2.45) is 0 Å². The van der Waals surface area contributed by atoms with Crippen molar-refractivity contribution in [3.8, 4) is 22.9 Å². The van der Waals surface area contributed by atoms with Crippen molar-refractivity contribution >= 4 is 18.2 Å². The van der Waals surface area contributed by atoms with Crippen LogP contribution in [0.5, 0.6) is 11.6 Å². The first-order valence-electron chi connectivity index (χ1n) is 8.13. The number of carbonyl (C=O) groups excluding carboxylic acids is 1. The predicted molar refractivity (Wildman–Crippen MR) is 102 cm³/mol. The molecule has 3 aromatic rings. The molecule has 0 spiro atoms. The zero-order valence-corrected chi connectivity index (χ0v) is 14.7. The van der Waals surface area contributed by atoms with E-state index in [9.17, 15) is 4.79 Å². The van der Waals surface area contributed by atoms with Gasteiger partial charge in [-0.3, -0.25) is 9.78 Å². The van der Waals surface area contributed by atoms with Gasteiger partial charge in [0, 0.05) is 29.7 Å². The molecule has 7 nitrogen and oxygen atoms in total. The van der Waals surface area contributed by atoms with Crippen molar-refractivity contribution in [1.82, 2.24) is 9.97 Å². The number of aromatic nitrogens is 2. The maximum absolute atomic E-state index is 11.4. The zero-order chi connectivity index (χ0) is 19.2. The van der Waals surface area contributed by atoms with Gasteiger partial charge in [-0.05, 0) is 30.3 Å². The van der Waals surface area contributed by atoms with Crippen molar-refractivity contribution in [2.45, 2.75) is 6.61 Å². The van der Waals surface area contributed by atoms with Gasteiger partial charge >= 0.3 is 0 Å². The van der Waals surface area contributed by atoms with Gasteiger partial charge in [-0.15, -0.1) is 0 Å². The molecule has 2 aromatic heterocycles. The third-order valence-electron chi connectivity index (χ3n) is 4.05. The number of ether oxygens (including phenoxy) is 2. The average Bonchev–Trinajstić information content (AvgIpc) is 2.72. The van der Waals surface area contributed by atoms with E-state index in [1.165, 1.54) is 0 Å². The van der Waals surface area contributed by atoms with E-state index in [0.717, 1.165) is 17.3 Å². The quantitative estimate of drug-likeness (QED) is 0.379. The van der Waals surface area contributed by atoms with Crippen LogP contribution in [-0.2, 0) is 6.61 Å². The van der Waals surface area contributed by atoms with Crippen LogP contribution in [0, 0.1) is 5.41 Å². The Hall–Kier alpha value is -3.74. The Kier molecular flexibility index (Phi) is 5.41. The molecule has 27 heavy (non-hydrogen) atoms. The Bertz CT molecular complexity index is 989. The highest BCUT2D eigenvalue weighted by atomic mass is 16.5. The largest absolute Gasteiger partial charge is 0.488 e. The number of carbonyl (C=O) groups is 1. The fourth-order valence-corrected chi connectivity index (χ4v) is 2.69. The molecular weight excluding hydrogens is 344 g/mol. The number of methoxy groups -OCH3 is 1. The number of hydrogen-bond donors (Lipinski definition) is 2. The lowest BCUT2D eigenvalue weighted by atomic mass is 10.1. The van der Waals surface area contributed by atoms with Gasteiger partial charge in [-0.25, -0.2) is 4.98 Å². The Balaban J connectivity index is 1.94. The van der Waals surface area contributed by atoms with Crippen molar-refractivity contribution in [1.29, 1.82) is 5.41 Å². The van der Waals surface area contributed by atoms with Crippen LogP contribution in [0.25, 0.3) is 11.3 Å². The molecule has 0 bridgehead atoms. The normalized spacial score (nSPS) is 10.3. The topological polar surface area (TPSA) is 111 Å². The number of nitrogens with one attached hydrogen (secondary N) is 1. The minimum absolute atomic E-state index is 0.172. The van der Waals surface area contributed by atoms with Crippen LogP contribution in [0.15, 0.2) is 48.8 Å². The van der Waals surface area contributed by atoms with Gasteiger partial charge in [-0.2, -0.15) is 0 Å². The average molecular weight is 362 g/mol. The van der Waals surface area contributed by atoms with E-state index in [4.69, 9.17) is 20.6 Å². The van der Waals surface area contributed by atoms with E-state index in [2.05, 4.69) is 9.97 Å². The van der Waals surface area contributed by atoms with Gasteiger partial charge < -0.3 is 20.6 Å². The van der Waals surface area contributed by atoms with Crippen LogP contribution in [0.2, 0.25) is 0 Å². The Morgan fingerprint density at radius 1 is 1.15 bits per heavy atom. The summed E-state index contributed by atoms with van der Waals surface area (Å²) in [6.07, 6.45) is 5.05. The van der Waals surface area contributed by atoms with E-state index in [0.29, 0.717) is 29.2 Å². The second-order valence-electron chi connectivity index (χ2n) is 5.60. The second-order valence-corrected chi connectivity index (χ2v) is 5.60. The molecule has 0 saturated carbocycles. The molecule has 0 fully saturated rings. The number of nitrogens with zero attached hydrogens (tertiary/aromatic N) is 2. The van der Waals surface area contributed by atoms with Crippen molar-refractivity contribution in [3.05, 3.63) is 65.5 Å². The molecule has 0 unspecified atom stereocenters. The predicted octanol–water partition coefficient (Wildman–Crippen LogP) is 3.12. The summed E-state index contributed by atoms with van der Waals surface area (Å²) in [6.45, 7) is 0.172. The van der Waals surface area contributed by atoms with Crippen molar-refractivity contribution in [3.63, 3.8) is 0 Å². The lowest BCUT2D eigenvalue weighted by Gasteiger charge is -2.14. The van der Waals surface area contributed by atoms with Gasteiger partial charge in [0.25, 0.3) is 0 Å². The summed E-state index contributed by atoms with van der Waals surface area (Å²) >= 11 is 0. The van der Waals surface area contributed by atoms with Crippen LogP contribution >= 0.6 is 0 Å². The monoisotopic (exact) mass is 362 g/mol. The van der Waals surface area contributed by atoms with E-state index in [-0.39, 0.29) is 17.9 Å². The fourth-order valence-electron chi connectivity index (χ4n) is 2.69. The van der Waals surface area contributed by atoms with Gasteiger partial charge in [0.2, 0.25) is 5.88 Å². The van der Waals surface area contributed by atoms with E-state index < -0.39 is 0 Å². The van der Waals surface area contributed by atoms with Crippen molar-refractivity contribution in [2.75, 3.05) is 12.8 Å². The molecule has 136 valence electrons. The molecule has 3 rings (SSSR count). The highest BCUT2D eigenvalue weighted by molar-refractivity contribution is 5.96. The van der Waals surface area contributed by atoms with E-state index >= 15 is 0 Å². The first-order valence-corrected chi connectivity index (χ1v) is 8.13. The van der Waals surface area contributed by atoms with Crippen LogP contribution in [-0.4, -0.2) is 29.6 Å². The van der Waals surface area contributed by atoms with Gasteiger partial charge in [-0.1, -0.05) is 6.07 Å². The Morgan fingerprint density at radius 3 is 2.67 bits per heavy atom.